The molecule has 0 aliphatic heterocycles. The highest BCUT2D eigenvalue weighted by Crippen LogP contribution is 2.27. The van der Waals surface area contributed by atoms with Crippen LogP contribution in [0.1, 0.15) is 44.1 Å². The van der Waals surface area contributed by atoms with E-state index in [4.69, 9.17) is 9.47 Å². The van der Waals surface area contributed by atoms with Crippen LogP contribution in [0.4, 0.5) is 0 Å². The van der Waals surface area contributed by atoms with Crippen molar-refractivity contribution in [2.75, 3.05) is 20.8 Å². The van der Waals surface area contributed by atoms with Gasteiger partial charge in [-0.3, -0.25) is 0 Å². The van der Waals surface area contributed by atoms with Gasteiger partial charge in [0.15, 0.2) is 11.5 Å². The number of nitrogens with one attached hydrogen (secondary N) is 1. The highest BCUT2D eigenvalue weighted by molar-refractivity contribution is 5.42. The molecular formula is C17H27NO2. The van der Waals surface area contributed by atoms with Crippen LogP contribution in [-0.2, 0) is 6.42 Å². The van der Waals surface area contributed by atoms with Crippen molar-refractivity contribution in [3.8, 4) is 11.5 Å². The predicted molar refractivity (Wildman–Crippen MR) is 82.7 cm³/mol. The summed E-state index contributed by atoms with van der Waals surface area (Å²) in [5.74, 6) is 1.62. The quantitative estimate of drug-likeness (QED) is 0.807. The first kappa shape index (κ1) is 15.2. The Bertz CT molecular complexity index is 398. The van der Waals surface area contributed by atoms with Gasteiger partial charge in [-0.15, -0.1) is 0 Å². The zero-order valence-electron chi connectivity index (χ0n) is 12.8. The van der Waals surface area contributed by atoms with Crippen molar-refractivity contribution in [2.45, 2.75) is 51.0 Å². The summed E-state index contributed by atoms with van der Waals surface area (Å²) in [6.07, 6.45) is 9.30. The molecule has 112 valence electrons. The third-order valence-corrected chi connectivity index (χ3v) is 4.15. The van der Waals surface area contributed by atoms with E-state index in [1.165, 1.54) is 44.1 Å². The van der Waals surface area contributed by atoms with Gasteiger partial charge in [0.25, 0.3) is 0 Å². The van der Waals surface area contributed by atoms with Gasteiger partial charge in [0, 0.05) is 6.04 Å². The van der Waals surface area contributed by atoms with E-state index in [2.05, 4.69) is 17.4 Å². The molecule has 0 saturated heterocycles. The minimum Gasteiger partial charge on any atom is -0.493 e. The minimum absolute atomic E-state index is 0.720. The van der Waals surface area contributed by atoms with Crippen molar-refractivity contribution in [1.29, 1.82) is 0 Å². The summed E-state index contributed by atoms with van der Waals surface area (Å²) >= 11 is 0. The maximum atomic E-state index is 5.34. The molecule has 0 bridgehead atoms. The third-order valence-electron chi connectivity index (χ3n) is 4.15. The van der Waals surface area contributed by atoms with Crippen molar-refractivity contribution in [2.24, 2.45) is 0 Å². The number of methoxy groups -OCH3 is 2. The summed E-state index contributed by atoms with van der Waals surface area (Å²) in [5.41, 5.74) is 1.30. The van der Waals surface area contributed by atoms with E-state index in [0.29, 0.717) is 0 Å². The van der Waals surface area contributed by atoms with Gasteiger partial charge in [-0.1, -0.05) is 31.7 Å². The summed E-state index contributed by atoms with van der Waals surface area (Å²) < 4.78 is 10.6. The van der Waals surface area contributed by atoms with Crippen LogP contribution in [0.5, 0.6) is 11.5 Å². The molecule has 3 nitrogen and oxygen atoms in total. The molecular weight excluding hydrogens is 250 g/mol. The Kier molecular flexibility index (Phi) is 6.19. The first-order valence-electron chi connectivity index (χ1n) is 7.78. The topological polar surface area (TPSA) is 30.5 Å². The van der Waals surface area contributed by atoms with Crippen LogP contribution >= 0.6 is 0 Å². The molecule has 1 aliphatic rings. The van der Waals surface area contributed by atoms with Crippen LogP contribution in [0.3, 0.4) is 0 Å². The molecule has 0 amide bonds. The summed E-state index contributed by atoms with van der Waals surface area (Å²) in [6, 6.07) is 6.90. The van der Waals surface area contributed by atoms with Crippen molar-refractivity contribution in [1.82, 2.24) is 5.32 Å². The Morgan fingerprint density at radius 2 is 1.70 bits per heavy atom. The number of rotatable bonds is 6. The molecule has 1 aliphatic carbocycles. The predicted octanol–water partition coefficient (Wildman–Crippen LogP) is 3.56. The monoisotopic (exact) mass is 277 g/mol. The van der Waals surface area contributed by atoms with Gasteiger partial charge in [0.05, 0.1) is 14.2 Å². The van der Waals surface area contributed by atoms with Gasteiger partial charge in [-0.2, -0.15) is 0 Å². The Morgan fingerprint density at radius 1 is 1.00 bits per heavy atom. The van der Waals surface area contributed by atoms with Gasteiger partial charge in [-0.05, 0) is 43.5 Å². The molecule has 0 aromatic heterocycles. The normalized spacial score (nSPS) is 16.7. The van der Waals surface area contributed by atoms with Crippen molar-refractivity contribution in [3.63, 3.8) is 0 Å². The van der Waals surface area contributed by atoms with Gasteiger partial charge >= 0.3 is 0 Å². The second kappa shape index (κ2) is 8.15. The van der Waals surface area contributed by atoms with Crippen LogP contribution in [0.2, 0.25) is 0 Å². The summed E-state index contributed by atoms with van der Waals surface area (Å²) in [6.45, 7) is 1.04. The Labute approximate surface area is 122 Å². The lowest BCUT2D eigenvalue weighted by molar-refractivity contribution is 0.354. The zero-order valence-corrected chi connectivity index (χ0v) is 12.8. The Morgan fingerprint density at radius 3 is 2.35 bits per heavy atom. The fourth-order valence-corrected chi connectivity index (χ4v) is 2.94. The highest BCUT2D eigenvalue weighted by Gasteiger charge is 2.11. The lowest BCUT2D eigenvalue weighted by atomic mass is 10.1. The Balaban J connectivity index is 1.81. The SMILES string of the molecule is COc1ccc(CCNC2CCCCCC2)cc1OC. The van der Waals surface area contributed by atoms with Crippen LogP contribution < -0.4 is 14.8 Å². The third kappa shape index (κ3) is 4.41. The van der Waals surface area contributed by atoms with E-state index in [1.807, 2.05) is 6.07 Å². The van der Waals surface area contributed by atoms with Crippen LogP contribution in [0, 0.1) is 0 Å². The Hall–Kier alpha value is -1.22. The number of hydrogen-bond acceptors (Lipinski definition) is 3. The first-order valence-corrected chi connectivity index (χ1v) is 7.78. The van der Waals surface area contributed by atoms with Gasteiger partial charge in [0.2, 0.25) is 0 Å². The summed E-state index contributed by atoms with van der Waals surface area (Å²) in [5, 5.41) is 3.70. The summed E-state index contributed by atoms with van der Waals surface area (Å²) in [7, 11) is 3.36. The summed E-state index contributed by atoms with van der Waals surface area (Å²) in [4.78, 5) is 0. The molecule has 1 fully saturated rings. The molecule has 0 spiro atoms. The first-order chi connectivity index (χ1) is 9.83. The maximum Gasteiger partial charge on any atom is 0.160 e. The number of hydrogen-bond donors (Lipinski definition) is 1. The number of benzene rings is 1. The van der Waals surface area contributed by atoms with Crippen LogP contribution in [0.25, 0.3) is 0 Å². The largest absolute Gasteiger partial charge is 0.493 e. The van der Waals surface area contributed by atoms with Gasteiger partial charge in [0.1, 0.15) is 0 Å². The molecule has 1 aromatic carbocycles. The molecule has 1 aromatic rings. The fraction of sp³-hybridized carbons (Fsp3) is 0.647. The molecule has 3 heteroatoms. The average Bonchev–Trinajstić information content (AvgIpc) is 2.76. The number of ether oxygens (including phenoxy) is 2. The van der Waals surface area contributed by atoms with E-state index in [0.717, 1.165) is 30.5 Å². The highest BCUT2D eigenvalue weighted by atomic mass is 16.5. The van der Waals surface area contributed by atoms with Crippen LogP contribution in [-0.4, -0.2) is 26.8 Å². The van der Waals surface area contributed by atoms with E-state index < -0.39 is 0 Å². The molecule has 1 N–H and O–H groups in total. The molecule has 0 unspecified atom stereocenters. The van der Waals surface area contributed by atoms with Crippen molar-refractivity contribution >= 4 is 0 Å². The van der Waals surface area contributed by atoms with E-state index in [1.54, 1.807) is 14.2 Å². The molecule has 2 rings (SSSR count). The second-order valence-electron chi connectivity index (χ2n) is 5.58. The molecule has 0 radical (unpaired) electrons. The molecule has 20 heavy (non-hydrogen) atoms. The van der Waals surface area contributed by atoms with E-state index >= 15 is 0 Å². The lowest BCUT2D eigenvalue weighted by Crippen LogP contribution is -2.30. The van der Waals surface area contributed by atoms with Crippen molar-refractivity contribution < 1.29 is 9.47 Å². The standard InChI is InChI=1S/C17H27NO2/c1-19-16-10-9-14(13-17(16)20-2)11-12-18-15-7-5-3-4-6-8-15/h9-10,13,15,18H,3-8,11-12H2,1-2H3. The average molecular weight is 277 g/mol. The fourth-order valence-electron chi connectivity index (χ4n) is 2.94. The van der Waals surface area contributed by atoms with Gasteiger partial charge < -0.3 is 14.8 Å². The smallest absolute Gasteiger partial charge is 0.160 e. The second-order valence-corrected chi connectivity index (χ2v) is 5.58. The van der Waals surface area contributed by atoms with Crippen molar-refractivity contribution in [3.05, 3.63) is 23.8 Å². The maximum absolute atomic E-state index is 5.34. The lowest BCUT2D eigenvalue weighted by Gasteiger charge is -2.16. The zero-order chi connectivity index (χ0) is 14.2. The molecule has 0 heterocycles. The van der Waals surface area contributed by atoms with E-state index in [-0.39, 0.29) is 0 Å². The van der Waals surface area contributed by atoms with E-state index in [9.17, 15) is 0 Å². The minimum atomic E-state index is 0.720. The molecule has 0 atom stereocenters. The van der Waals surface area contributed by atoms with Gasteiger partial charge in [-0.25, -0.2) is 0 Å². The van der Waals surface area contributed by atoms with Crippen LogP contribution in [0.15, 0.2) is 18.2 Å². The molecule has 1 saturated carbocycles.